The first-order valence-electron chi connectivity index (χ1n) is 26.1. The van der Waals surface area contributed by atoms with E-state index in [4.69, 9.17) is 29.9 Å². The highest BCUT2D eigenvalue weighted by atomic mass is 15.0. The van der Waals surface area contributed by atoms with Crippen LogP contribution in [0.4, 0.5) is 0 Å². The summed E-state index contributed by atoms with van der Waals surface area (Å²) in [6, 6.07) is 101. The number of hydrogen-bond acceptors (Lipinski definition) is 6. The molecule has 2 aromatic heterocycles. The summed E-state index contributed by atoms with van der Waals surface area (Å²) in [4.78, 5) is 30.8. The molecule has 0 bridgehead atoms. The SMILES string of the molecule is c1ccc(-c2cccc(-c3nc(-c4ccccc4)nc(-c4cc(-c5ccccc5)cc(-c5cccc(-c6cccc(-c7cc(-c8ccccc8)cc(-c8nc(-c9ccccc9)nc(-c9ccccc9)n8)c7)c6)c5)c4)n3)c2)cc1. The van der Waals surface area contributed by atoms with Crippen molar-refractivity contribution in [3.05, 3.63) is 291 Å². The summed E-state index contributed by atoms with van der Waals surface area (Å²) in [5.41, 5.74) is 18.4. The molecule has 6 nitrogen and oxygen atoms in total. The van der Waals surface area contributed by atoms with E-state index in [0.717, 1.165) is 100 Å². The molecular formula is C72H48N6. The lowest BCUT2D eigenvalue weighted by Gasteiger charge is -2.14. The van der Waals surface area contributed by atoms with E-state index >= 15 is 0 Å². The summed E-state index contributed by atoms with van der Waals surface area (Å²) in [6.07, 6.45) is 0. The number of nitrogens with zero attached hydrogens (tertiary/aromatic N) is 6. The van der Waals surface area contributed by atoms with Gasteiger partial charge in [0.2, 0.25) is 0 Å². The first-order valence-corrected chi connectivity index (χ1v) is 26.1. The van der Waals surface area contributed by atoms with Gasteiger partial charge in [-0.25, -0.2) is 29.9 Å². The minimum absolute atomic E-state index is 0.591. The van der Waals surface area contributed by atoms with E-state index in [1.54, 1.807) is 0 Å². The number of benzene rings is 11. The lowest BCUT2D eigenvalue weighted by Crippen LogP contribution is -2.00. The quantitative estimate of drug-likeness (QED) is 0.121. The van der Waals surface area contributed by atoms with Crippen molar-refractivity contribution < 1.29 is 0 Å². The summed E-state index contributed by atoms with van der Waals surface area (Å²) in [6.45, 7) is 0. The maximum Gasteiger partial charge on any atom is 0.164 e. The maximum atomic E-state index is 5.26. The number of rotatable bonds is 12. The van der Waals surface area contributed by atoms with Crippen LogP contribution >= 0.6 is 0 Å². The lowest BCUT2D eigenvalue weighted by atomic mass is 9.92. The van der Waals surface area contributed by atoms with Crippen LogP contribution in [0.15, 0.2) is 291 Å². The smallest absolute Gasteiger partial charge is 0.164 e. The third-order valence-corrected chi connectivity index (χ3v) is 13.9. The second kappa shape index (κ2) is 21.4. The largest absolute Gasteiger partial charge is 0.208 e. The number of aromatic nitrogens is 6. The summed E-state index contributed by atoms with van der Waals surface area (Å²) >= 11 is 0. The fourth-order valence-corrected chi connectivity index (χ4v) is 9.95. The van der Waals surface area contributed by atoms with Crippen LogP contribution in [0.2, 0.25) is 0 Å². The minimum Gasteiger partial charge on any atom is -0.208 e. The Morgan fingerprint density at radius 3 is 0.603 bits per heavy atom. The van der Waals surface area contributed by atoms with E-state index in [0.29, 0.717) is 34.9 Å². The molecule has 0 spiro atoms. The molecule has 0 aliphatic heterocycles. The second-order valence-electron chi connectivity index (χ2n) is 19.1. The van der Waals surface area contributed by atoms with Crippen molar-refractivity contribution in [1.82, 2.24) is 29.9 Å². The van der Waals surface area contributed by atoms with Crippen LogP contribution < -0.4 is 0 Å². The van der Waals surface area contributed by atoms with Crippen molar-refractivity contribution >= 4 is 0 Å². The van der Waals surface area contributed by atoms with E-state index in [2.05, 4.69) is 188 Å². The van der Waals surface area contributed by atoms with Gasteiger partial charge < -0.3 is 0 Å². The Kier molecular flexibility index (Phi) is 12.9. The molecule has 2 heterocycles. The van der Waals surface area contributed by atoms with Gasteiger partial charge in [0.05, 0.1) is 0 Å². The summed E-state index contributed by atoms with van der Waals surface area (Å²) < 4.78 is 0. The molecule has 13 rings (SSSR count). The molecule has 13 aromatic rings. The second-order valence-corrected chi connectivity index (χ2v) is 19.1. The van der Waals surface area contributed by atoms with E-state index < -0.39 is 0 Å². The molecular weight excluding hydrogens is 949 g/mol. The normalized spacial score (nSPS) is 11.1. The maximum absolute atomic E-state index is 5.26. The van der Waals surface area contributed by atoms with Crippen molar-refractivity contribution in [2.24, 2.45) is 0 Å². The van der Waals surface area contributed by atoms with Crippen LogP contribution in [0, 0.1) is 0 Å². The highest BCUT2D eigenvalue weighted by Crippen LogP contribution is 2.38. The van der Waals surface area contributed by atoms with Gasteiger partial charge in [-0.15, -0.1) is 0 Å². The van der Waals surface area contributed by atoms with Crippen molar-refractivity contribution in [3.63, 3.8) is 0 Å². The predicted molar refractivity (Wildman–Crippen MR) is 318 cm³/mol. The van der Waals surface area contributed by atoms with E-state index in [-0.39, 0.29) is 0 Å². The highest BCUT2D eigenvalue weighted by Gasteiger charge is 2.18. The Morgan fingerprint density at radius 2 is 0.282 bits per heavy atom. The fraction of sp³-hybridized carbons (Fsp3) is 0. The van der Waals surface area contributed by atoms with E-state index in [1.165, 1.54) is 0 Å². The summed E-state index contributed by atoms with van der Waals surface area (Å²) in [5, 5.41) is 0. The minimum atomic E-state index is 0.591. The summed E-state index contributed by atoms with van der Waals surface area (Å²) in [7, 11) is 0. The number of hydrogen-bond donors (Lipinski definition) is 0. The molecule has 0 aliphatic rings. The molecule has 0 amide bonds. The molecule has 11 aromatic carbocycles. The lowest BCUT2D eigenvalue weighted by molar-refractivity contribution is 1.07. The Balaban J connectivity index is 0.912. The topological polar surface area (TPSA) is 77.3 Å². The zero-order valence-electron chi connectivity index (χ0n) is 42.4. The zero-order chi connectivity index (χ0) is 52.0. The summed E-state index contributed by atoms with van der Waals surface area (Å²) in [5.74, 6) is 3.65. The zero-order valence-corrected chi connectivity index (χ0v) is 42.4. The fourth-order valence-electron chi connectivity index (χ4n) is 9.95. The van der Waals surface area contributed by atoms with Gasteiger partial charge in [0, 0.05) is 33.4 Å². The van der Waals surface area contributed by atoms with Gasteiger partial charge >= 0.3 is 0 Å². The van der Waals surface area contributed by atoms with Crippen molar-refractivity contribution in [3.8, 4) is 135 Å². The van der Waals surface area contributed by atoms with E-state index in [1.807, 2.05) is 103 Å². The molecule has 0 aliphatic carbocycles. The first-order chi connectivity index (χ1) is 38.6. The molecule has 0 N–H and O–H groups in total. The monoisotopic (exact) mass is 996 g/mol. The van der Waals surface area contributed by atoms with Gasteiger partial charge in [0.25, 0.3) is 0 Å². The molecule has 366 valence electrons. The average molecular weight is 997 g/mol. The third kappa shape index (κ3) is 10.2. The van der Waals surface area contributed by atoms with Gasteiger partial charge in [-0.1, -0.05) is 237 Å². The first kappa shape index (κ1) is 47.2. The van der Waals surface area contributed by atoms with Crippen LogP contribution in [-0.4, -0.2) is 29.9 Å². The average Bonchev–Trinajstić information content (AvgIpc) is 3.54. The van der Waals surface area contributed by atoms with Crippen LogP contribution in [0.25, 0.3) is 135 Å². The Hall–Kier alpha value is -10.6. The van der Waals surface area contributed by atoms with Gasteiger partial charge in [-0.05, 0) is 121 Å². The van der Waals surface area contributed by atoms with Crippen LogP contribution in [0.3, 0.4) is 0 Å². The standard InChI is InChI=1S/C72H48N6/c1-7-22-49(23-8-1)55-34-21-39-60(42-55)70-74-69(54-32-17-6-18-33-54)77-72(78-70)66-46-62(51-26-11-3-12-27-51)44-64(48-66)59-38-20-36-57(41-59)56-35-19-37-58(40-56)63-43-61(50-24-9-2-10-25-50)45-65(47-63)71-75-67(52-28-13-4-14-29-52)73-68(76-71)53-30-15-5-16-31-53/h1-48H. The molecule has 0 fully saturated rings. The van der Waals surface area contributed by atoms with Crippen molar-refractivity contribution in [2.75, 3.05) is 0 Å². The molecule has 78 heavy (non-hydrogen) atoms. The van der Waals surface area contributed by atoms with Crippen molar-refractivity contribution in [1.29, 1.82) is 0 Å². The molecule has 0 radical (unpaired) electrons. The Morgan fingerprint density at radius 1 is 0.115 bits per heavy atom. The Labute approximate surface area is 453 Å². The highest BCUT2D eigenvalue weighted by molar-refractivity contribution is 5.85. The van der Waals surface area contributed by atoms with Gasteiger partial charge in [-0.3, -0.25) is 0 Å². The van der Waals surface area contributed by atoms with Crippen molar-refractivity contribution in [2.45, 2.75) is 0 Å². The van der Waals surface area contributed by atoms with E-state index in [9.17, 15) is 0 Å². The third-order valence-electron chi connectivity index (χ3n) is 13.9. The molecule has 0 saturated carbocycles. The van der Waals surface area contributed by atoms with Crippen LogP contribution in [-0.2, 0) is 0 Å². The van der Waals surface area contributed by atoms with Gasteiger partial charge in [-0.2, -0.15) is 0 Å². The predicted octanol–water partition coefficient (Wildman–Crippen LogP) is 18.1. The Bertz CT molecular complexity index is 4170. The molecule has 0 unspecified atom stereocenters. The van der Waals surface area contributed by atoms with Crippen LogP contribution in [0.1, 0.15) is 0 Å². The van der Waals surface area contributed by atoms with Crippen LogP contribution in [0.5, 0.6) is 0 Å². The molecule has 0 saturated heterocycles. The van der Waals surface area contributed by atoms with Gasteiger partial charge in [0.15, 0.2) is 34.9 Å². The molecule has 6 heteroatoms. The molecule has 0 atom stereocenters. The van der Waals surface area contributed by atoms with Gasteiger partial charge in [0.1, 0.15) is 0 Å².